The lowest BCUT2D eigenvalue weighted by Gasteiger charge is -2.29. The van der Waals surface area contributed by atoms with Gasteiger partial charge < -0.3 is 30.9 Å². The molecule has 0 aliphatic carbocycles. The minimum atomic E-state index is -4.91. The Morgan fingerprint density at radius 2 is 1.84 bits per heavy atom. The number of halogens is 5. The molecule has 2 unspecified atom stereocenters. The van der Waals surface area contributed by atoms with Crippen molar-refractivity contribution in [1.82, 2.24) is 30.0 Å². The van der Waals surface area contributed by atoms with Gasteiger partial charge in [0.25, 0.3) is 0 Å². The lowest BCUT2D eigenvalue weighted by Crippen LogP contribution is -2.49. The average molecular weight is 643 g/mol. The Kier molecular flexibility index (Phi) is 9.34. The zero-order valence-electron chi connectivity index (χ0n) is 22.8. The lowest BCUT2D eigenvalue weighted by molar-refractivity contribution is -0.212. The second kappa shape index (κ2) is 12.8. The molecular formula is C27H31Cl2F3N8O3. The van der Waals surface area contributed by atoms with Crippen molar-refractivity contribution in [1.29, 1.82) is 0 Å². The lowest BCUT2D eigenvalue weighted by atomic mass is 9.95. The number of nitrogens with one attached hydrogen (secondary N) is 2. The Hall–Kier alpha value is -3.14. The van der Waals surface area contributed by atoms with E-state index in [2.05, 4.69) is 25.8 Å². The van der Waals surface area contributed by atoms with Gasteiger partial charge in [0.15, 0.2) is 17.8 Å². The summed E-state index contributed by atoms with van der Waals surface area (Å²) in [6.07, 6.45) is -7.40. The summed E-state index contributed by atoms with van der Waals surface area (Å²) in [5.74, 6) is 0.433. The number of hydrogen-bond acceptors (Lipinski definition) is 10. The van der Waals surface area contributed by atoms with E-state index in [4.69, 9.17) is 23.2 Å². The molecule has 2 aliphatic rings. The molecule has 43 heavy (non-hydrogen) atoms. The molecule has 0 spiro atoms. The first kappa shape index (κ1) is 31.3. The fraction of sp³-hybridized carbons (Fsp3) is 0.444. The van der Waals surface area contributed by atoms with E-state index >= 15 is 0 Å². The molecule has 16 heteroatoms. The zero-order valence-corrected chi connectivity index (χ0v) is 24.4. The number of hydrazone groups is 1. The number of para-hydroxylation sites is 1. The van der Waals surface area contributed by atoms with E-state index in [1.165, 1.54) is 16.8 Å². The van der Waals surface area contributed by atoms with Gasteiger partial charge in [-0.2, -0.15) is 27.9 Å². The second-order valence-electron chi connectivity index (χ2n) is 10.5. The third-order valence-corrected chi connectivity index (χ3v) is 7.84. The summed E-state index contributed by atoms with van der Waals surface area (Å²) in [5, 5.41) is 49.3. The number of β-amino-alcohol motifs (C(OH)–C–C–N with tert-alkyl or cyclic N) is 1. The second-order valence-corrected chi connectivity index (χ2v) is 11.3. The van der Waals surface area contributed by atoms with Crippen LogP contribution in [-0.2, 0) is 6.54 Å². The van der Waals surface area contributed by atoms with Crippen molar-refractivity contribution >= 4 is 35.0 Å². The molecule has 0 radical (unpaired) electrons. The normalized spacial score (nSPS) is 22.0. The smallest absolute Gasteiger partial charge is 0.388 e. The quantitative estimate of drug-likeness (QED) is 0.239. The fourth-order valence-electron chi connectivity index (χ4n) is 4.92. The van der Waals surface area contributed by atoms with Crippen LogP contribution < -0.4 is 10.6 Å². The van der Waals surface area contributed by atoms with Crippen LogP contribution in [0.2, 0.25) is 10.0 Å². The summed E-state index contributed by atoms with van der Waals surface area (Å²) >= 11 is 12.4. The third-order valence-electron chi connectivity index (χ3n) is 7.26. The molecule has 1 aromatic heterocycles. The largest absolute Gasteiger partial charge is 0.416 e. The van der Waals surface area contributed by atoms with Gasteiger partial charge in [-0.3, -0.25) is 0 Å². The van der Waals surface area contributed by atoms with Crippen molar-refractivity contribution in [2.75, 3.05) is 31.5 Å². The van der Waals surface area contributed by atoms with Crippen molar-refractivity contribution < 1.29 is 28.5 Å². The molecule has 2 aromatic carbocycles. The number of hydrogen-bond donors (Lipinski definition) is 5. The van der Waals surface area contributed by atoms with Crippen LogP contribution in [0.1, 0.15) is 30.7 Å². The van der Waals surface area contributed by atoms with Gasteiger partial charge in [0.2, 0.25) is 12.3 Å². The highest BCUT2D eigenvalue weighted by atomic mass is 35.5. The van der Waals surface area contributed by atoms with Crippen molar-refractivity contribution in [3.05, 3.63) is 70.0 Å². The van der Waals surface area contributed by atoms with E-state index in [0.29, 0.717) is 40.7 Å². The minimum absolute atomic E-state index is 0.000506. The highest BCUT2D eigenvalue weighted by Gasteiger charge is 2.44. The van der Waals surface area contributed by atoms with E-state index in [1.807, 2.05) is 0 Å². The highest BCUT2D eigenvalue weighted by Crippen LogP contribution is 2.29. The number of nitrogens with zero attached hydrogens (tertiary/aromatic N) is 6. The number of rotatable bonds is 9. The van der Waals surface area contributed by atoms with Crippen LogP contribution in [0.4, 0.5) is 19.1 Å². The standard InChI is InChI=1S/C27H31Cl2F3N8O3/c28-18-8-6-17(7-9-18)23-37-39(25(42)38(23)14-21(41)27(30,31)32)15-22-35-24(34-16-26(43)10-3-12-33-13-11-26)40(36-22)20-5-2-1-4-19(20)29/h1-2,4-9,21,25,33,41-43H,3,10-16H2,(H,34,35,36)/t21-,25?,26?/m0/s1. The van der Waals surface area contributed by atoms with Crippen molar-refractivity contribution in [3.8, 4) is 5.69 Å². The molecular weight excluding hydrogens is 612 g/mol. The van der Waals surface area contributed by atoms with E-state index in [1.54, 1.807) is 36.4 Å². The van der Waals surface area contributed by atoms with Gasteiger partial charge in [-0.1, -0.05) is 35.3 Å². The zero-order chi connectivity index (χ0) is 30.8. The van der Waals surface area contributed by atoms with Crippen LogP contribution in [-0.4, -0.2) is 96.2 Å². The van der Waals surface area contributed by atoms with Gasteiger partial charge >= 0.3 is 6.18 Å². The average Bonchev–Trinajstić information content (AvgIpc) is 3.41. The maximum Gasteiger partial charge on any atom is 0.416 e. The highest BCUT2D eigenvalue weighted by molar-refractivity contribution is 6.32. The molecule has 0 amide bonds. The Bertz CT molecular complexity index is 1430. The van der Waals surface area contributed by atoms with E-state index < -0.39 is 30.8 Å². The van der Waals surface area contributed by atoms with Crippen LogP contribution in [0.15, 0.2) is 53.6 Å². The number of alkyl halides is 3. The SMILES string of the molecule is OC1N(Cc2nc(NCC3(O)CCCNCC3)n(-c3ccccc3Cl)n2)N=C(c2ccc(Cl)cc2)N1C[C@H](O)C(F)(F)F. The molecule has 1 saturated heterocycles. The number of anilines is 1. The van der Waals surface area contributed by atoms with Crippen molar-refractivity contribution in [3.63, 3.8) is 0 Å². The Labute approximate surface area is 255 Å². The van der Waals surface area contributed by atoms with Crippen molar-refractivity contribution in [2.24, 2.45) is 5.10 Å². The summed E-state index contributed by atoms with van der Waals surface area (Å²) in [5.41, 5.74) is -0.102. The molecule has 232 valence electrons. The van der Waals surface area contributed by atoms with Gasteiger partial charge in [-0.25, -0.2) is 5.01 Å². The number of aliphatic hydroxyl groups is 3. The first-order valence-corrected chi connectivity index (χ1v) is 14.4. The minimum Gasteiger partial charge on any atom is -0.388 e. The molecule has 3 aromatic rings. The molecule has 0 bridgehead atoms. The number of benzene rings is 2. The summed E-state index contributed by atoms with van der Waals surface area (Å²) in [7, 11) is 0. The van der Waals surface area contributed by atoms with Crippen LogP contribution in [0.25, 0.3) is 5.69 Å². The van der Waals surface area contributed by atoms with Crippen LogP contribution >= 0.6 is 23.2 Å². The molecule has 2 aliphatic heterocycles. The number of amidine groups is 1. The third kappa shape index (κ3) is 7.33. The van der Waals surface area contributed by atoms with Gasteiger partial charge in [-0.05, 0) is 68.8 Å². The van der Waals surface area contributed by atoms with Crippen molar-refractivity contribution in [2.45, 2.75) is 50.0 Å². The van der Waals surface area contributed by atoms with Gasteiger partial charge in [0.1, 0.15) is 6.54 Å². The molecule has 3 atom stereocenters. The first-order chi connectivity index (χ1) is 20.4. The molecule has 5 N–H and O–H groups in total. The van der Waals surface area contributed by atoms with Crippen LogP contribution in [0.3, 0.4) is 0 Å². The molecule has 1 fully saturated rings. The Morgan fingerprint density at radius 1 is 1.09 bits per heavy atom. The monoisotopic (exact) mass is 642 g/mol. The predicted molar refractivity (Wildman–Crippen MR) is 155 cm³/mol. The Balaban J connectivity index is 1.44. The summed E-state index contributed by atoms with van der Waals surface area (Å²) in [6.45, 7) is 0.490. The number of aliphatic hydroxyl groups excluding tert-OH is 2. The van der Waals surface area contributed by atoms with Crippen LogP contribution in [0.5, 0.6) is 0 Å². The summed E-state index contributed by atoms with van der Waals surface area (Å²) in [6, 6.07) is 13.1. The molecule has 5 rings (SSSR count). The molecule has 11 nitrogen and oxygen atoms in total. The van der Waals surface area contributed by atoms with E-state index in [9.17, 15) is 28.5 Å². The van der Waals surface area contributed by atoms with E-state index in [0.717, 1.165) is 22.9 Å². The maximum atomic E-state index is 13.3. The van der Waals surface area contributed by atoms with Gasteiger partial charge in [-0.15, -0.1) is 5.10 Å². The van der Waals surface area contributed by atoms with Gasteiger partial charge in [0, 0.05) is 17.1 Å². The van der Waals surface area contributed by atoms with Gasteiger partial charge in [0.05, 0.1) is 22.9 Å². The first-order valence-electron chi connectivity index (χ1n) is 13.6. The topological polar surface area (TPSA) is 134 Å². The molecule has 3 heterocycles. The van der Waals surface area contributed by atoms with Crippen LogP contribution in [0, 0.1) is 0 Å². The fourth-order valence-corrected chi connectivity index (χ4v) is 5.26. The molecule has 0 saturated carbocycles. The van der Waals surface area contributed by atoms with E-state index in [-0.39, 0.29) is 30.7 Å². The number of aromatic nitrogens is 3. The maximum absolute atomic E-state index is 13.3. The summed E-state index contributed by atoms with van der Waals surface area (Å²) in [4.78, 5) is 5.51. The predicted octanol–water partition coefficient (Wildman–Crippen LogP) is 3.17. The summed E-state index contributed by atoms with van der Waals surface area (Å²) < 4.78 is 41.3. The Morgan fingerprint density at radius 3 is 2.56 bits per heavy atom.